The van der Waals surface area contributed by atoms with Crippen LogP contribution >= 0.6 is 0 Å². The standard InChI is InChI=1S/C18H22.C5H12O3/c1-5-18(4,16-10-6-14(2)7-11-16)17-12-8-15(3)9-13-17;1-7-3-5(6)4-8-2/h6-13H,5H2,1-4H3;5-6H,3-4H2,1-2H3. The molecule has 3 nitrogen and oxygen atoms in total. The Balaban J connectivity index is 0.000000359. The smallest absolute Gasteiger partial charge is 0.101 e. The molecule has 0 fully saturated rings. The Bertz CT molecular complexity index is 565. The fraction of sp³-hybridized carbons (Fsp3) is 0.478. The topological polar surface area (TPSA) is 38.7 Å². The van der Waals surface area contributed by atoms with Crippen LogP contribution in [-0.4, -0.2) is 38.6 Å². The second-order valence-electron chi connectivity index (χ2n) is 6.98. The van der Waals surface area contributed by atoms with Gasteiger partial charge in [0.05, 0.1) is 13.2 Å². The van der Waals surface area contributed by atoms with Gasteiger partial charge in [0.15, 0.2) is 0 Å². The lowest BCUT2D eigenvalue weighted by atomic mass is 9.74. The van der Waals surface area contributed by atoms with Crippen LogP contribution in [0.4, 0.5) is 0 Å². The zero-order valence-electron chi connectivity index (χ0n) is 17.1. The van der Waals surface area contributed by atoms with Gasteiger partial charge in [0.25, 0.3) is 0 Å². The fourth-order valence-corrected chi connectivity index (χ4v) is 2.85. The van der Waals surface area contributed by atoms with E-state index in [2.05, 4.69) is 85.7 Å². The van der Waals surface area contributed by atoms with Crippen LogP contribution in [0.2, 0.25) is 0 Å². The largest absolute Gasteiger partial charge is 0.388 e. The van der Waals surface area contributed by atoms with Gasteiger partial charge in [-0.25, -0.2) is 0 Å². The first-order valence-corrected chi connectivity index (χ1v) is 9.17. The molecule has 0 aromatic heterocycles. The predicted molar refractivity (Wildman–Crippen MR) is 109 cm³/mol. The van der Waals surface area contributed by atoms with Gasteiger partial charge < -0.3 is 14.6 Å². The van der Waals surface area contributed by atoms with Crippen molar-refractivity contribution in [1.29, 1.82) is 0 Å². The lowest BCUT2D eigenvalue weighted by Crippen LogP contribution is -2.22. The first-order valence-electron chi connectivity index (χ1n) is 9.17. The van der Waals surface area contributed by atoms with Crippen LogP contribution in [-0.2, 0) is 14.9 Å². The van der Waals surface area contributed by atoms with Crippen molar-refractivity contribution in [2.75, 3.05) is 27.4 Å². The van der Waals surface area contributed by atoms with Crippen molar-refractivity contribution in [3.8, 4) is 0 Å². The molecule has 2 aromatic rings. The maximum Gasteiger partial charge on any atom is 0.101 e. The van der Waals surface area contributed by atoms with Crippen molar-refractivity contribution in [3.05, 3.63) is 70.8 Å². The molecule has 0 aliphatic rings. The second-order valence-corrected chi connectivity index (χ2v) is 6.98. The summed E-state index contributed by atoms with van der Waals surface area (Å²) in [5.74, 6) is 0. The summed E-state index contributed by atoms with van der Waals surface area (Å²) in [6.45, 7) is 9.56. The van der Waals surface area contributed by atoms with Crippen molar-refractivity contribution in [3.63, 3.8) is 0 Å². The van der Waals surface area contributed by atoms with Crippen molar-refractivity contribution < 1.29 is 14.6 Å². The Morgan fingerprint density at radius 1 is 0.808 bits per heavy atom. The number of aliphatic hydroxyl groups is 1. The van der Waals surface area contributed by atoms with Gasteiger partial charge in [-0.3, -0.25) is 0 Å². The zero-order chi connectivity index (χ0) is 19.6. The number of ether oxygens (including phenoxy) is 2. The molecule has 26 heavy (non-hydrogen) atoms. The Morgan fingerprint density at radius 3 is 1.42 bits per heavy atom. The molecule has 0 amide bonds. The highest BCUT2D eigenvalue weighted by Gasteiger charge is 2.26. The lowest BCUT2D eigenvalue weighted by molar-refractivity contribution is 0.00980. The van der Waals surface area contributed by atoms with Crippen LogP contribution in [0.5, 0.6) is 0 Å². The minimum atomic E-state index is -0.481. The van der Waals surface area contributed by atoms with Gasteiger partial charge in [-0.15, -0.1) is 0 Å². The van der Waals surface area contributed by atoms with Gasteiger partial charge in [-0.2, -0.15) is 0 Å². The molecule has 0 unspecified atom stereocenters. The monoisotopic (exact) mass is 358 g/mol. The van der Waals surface area contributed by atoms with E-state index in [0.29, 0.717) is 13.2 Å². The average molecular weight is 359 g/mol. The molecule has 0 spiro atoms. The fourth-order valence-electron chi connectivity index (χ4n) is 2.85. The maximum atomic E-state index is 8.80. The van der Waals surface area contributed by atoms with E-state index in [1.165, 1.54) is 22.3 Å². The molecule has 2 rings (SSSR count). The SMILES string of the molecule is CCC(C)(c1ccc(C)cc1)c1ccc(C)cc1.COCC(O)COC. The van der Waals surface area contributed by atoms with Gasteiger partial charge in [-0.05, 0) is 31.4 Å². The molecule has 0 saturated heterocycles. The number of hydrogen-bond donors (Lipinski definition) is 1. The minimum absolute atomic E-state index is 0.112. The number of benzene rings is 2. The number of aliphatic hydroxyl groups excluding tert-OH is 1. The normalized spacial score (nSPS) is 11.2. The number of hydrogen-bond acceptors (Lipinski definition) is 3. The van der Waals surface area contributed by atoms with Crippen LogP contribution in [0.25, 0.3) is 0 Å². The van der Waals surface area contributed by atoms with E-state index in [9.17, 15) is 0 Å². The molecule has 0 radical (unpaired) electrons. The summed E-state index contributed by atoms with van der Waals surface area (Å²) in [5, 5.41) is 8.80. The van der Waals surface area contributed by atoms with E-state index in [1.807, 2.05) is 0 Å². The number of rotatable bonds is 7. The van der Waals surface area contributed by atoms with Gasteiger partial charge >= 0.3 is 0 Å². The summed E-state index contributed by atoms with van der Waals surface area (Å²) in [6.07, 6.45) is 0.629. The van der Waals surface area contributed by atoms with Crippen LogP contribution in [0.1, 0.15) is 42.5 Å². The van der Waals surface area contributed by atoms with Crippen LogP contribution in [0.15, 0.2) is 48.5 Å². The van der Waals surface area contributed by atoms with Crippen LogP contribution < -0.4 is 0 Å². The van der Waals surface area contributed by atoms with Crippen molar-refractivity contribution in [2.24, 2.45) is 0 Å². The molecule has 3 heteroatoms. The van der Waals surface area contributed by atoms with E-state index in [1.54, 1.807) is 14.2 Å². The van der Waals surface area contributed by atoms with Gasteiger partial charge in [0, 0.05) is 19.6 Å². The third kappa shape index (κ3) is 6.56. The molecular weight excluding hydrogens is 324 g/mol. The highest BCUT2D eigenvalue weighted by Crippen LogP contribution is 2.35. The number of methoxy groups -OCH3 is 2. The molecule has 0 atom stereocenters. The van der Waals surface area contributed by atoms with Gasteiger partial charge in [0.2, 0.25) is 0 Å². The van der Waals surface area contributed by atoms with E-state index in [0.717, 1.165) is 6.42 Å². The summed E-state index contributed by atoms with van der Waals surface area (Å²) in [7, 11) is 3.08. The highest BCUT2D eigenvalue weighted by molar-refractivity contribution is 5.40. The van der Waals surface area contributed by atoms with E-state index in [-0.39, 0.29) is 5.41 Å². The Hall–Kier alpha value is -1.68. The van der Waals surface area contributed by atoms with Gasteiger partial charge in [0.1, 0.15) is 6.10 Å². The summed E-state index contributed by atoms with van der Waals surface area (Å²) in [5.41, 5.74) is 5.56. The second kappa shape index (κ2) is 11.1. The predicted octanol–water partition coefficient (Wildman–Crippen LogP) is 4.66. The Morgan fingerprint density at radius 2 is 1.15 bits per heavy atom. The quantitative estimate of drug-likeness (QED) is 0.782. The Kier molecular flexibility index (Phi) is 9.57. The molecule has 0 aliphatic heterocycles. The van der Waals surface area contributed by atoms with E-state index >= 15 is 0 Å². The van der Waals surface area contributed by atoms with Crippen molar-refractivity contribution in [2.45, 2.75) is 45.6 Å². The van der Waals surface area contributed by atoms with E-state index < -0.39 is 6.10 Å². The molecule has 0 heterocycles. The van der Waals surface area contributed by atoms with Crippen molar-refractivity contribution >= 4 is 0 Å². The third-order valence-corrected chi connectivity index (χ3v) is 4.80. The third-order valence-electron chi connectivity index (χ3n) is 4.80. The molecule has 0 saturated carbocycles. The molecule has 144 valence electrons. The summed E-state index contributed by atoms with van der Waals surface area (Å²) >= 11 is 0. The van der Waals surface area contributed by atoms with Crippen LogP contribution in [0.3, 0.4) is 0 Å². The first-order chi connectivity index (χ1) is 12.4. The zero-order valence-corrected chi connectivity index (χ0v) is 17.1. The maximum absolute atomic E-state index is 8.80. The summed E-state index contributed by atoms with van der Waals surface area (Å²) in [4.78, 5) is 0. The molecular formula is C23H34O3. The summed E-state index contributed by atoms with van der Waals surface area (Å²) < 4.78 is 9.25. The van der Waals surface area contributed by atoms with Gasteiger partial charge in [-0.1, -0.05) is 73.5 Å². The molecule has 2 aromatic carbocycles. The molecule has 0 bridgehead atoms. The summed E-state index contributed by atoms with van der Waals surface area (Å²) in [6, 6.07) is 17.9. The number of aryl methyl sites for hydroxylation is 2. The molecule has 0 aliphatic carbocycles. The Labute approximate surface area is 159 Å². The first kappa shape index (κ1) is 22.4. The van der Waals surface area contributed by atoms with E-state index in [4.69, 9.17) is 5.11 Å². The minimum Gasteiger partial charge on any atom is -0.388 e. The molecule has 1 N–H and O–H groups in total. The van der Waals surface area contributed by atoms with Crippen molar-refractivity contribution in [1.82, 2.24) is 0 Å². The average Bonchev–Trinajstić information content (AvgIpc) is 2.63. The highest BCUT2D eigenvalue weighted by atomic mass is 16.5. The lowest BCUT2D eigenvalue weighted by Gasteiger charge is -2.30. The van der Waals surface area contributed by atoms with Crippen LogP contribution in [0, 0.1) is 13.8 Å².